The number of hydrogen-bond acceptors (Lipinski definition) is 4. The number of carboxylic acid groups (broad SMARTS) is 1. The van der Waals surface area contributed by atoms with Crippen molar-refractivity contribution >= 4 is 23.2 Å². The van der Waals surface area contributed by atoms with Gasteiger partial charge in [-0.25, -0.2) is 4.79 Å². The molecule has 17 heavy (non-hydrogen) atoms. The van der Waals surface area contributed by atoms with Crippen molar-refractivity contribution in [3.05, 3.63) is 21.9 Å². The predicted molar refractivity (Wildman–Crippen MR) is 64.7 cm³/mol. The number of unbranched alkanes of at least 4 members (excludes halogenated alkanes) is 1. The Morgan fingerprint density at radius 3 is 2.65 bits per heavy atom. The van der Waals surface area contributed by atoms with Crippen LogP contribution in [-0.2, 0) is 4.74 Å². The quantitative estimate of drug-likeness (QED) is 0.727. The van der Waals surface area contributed by atoms with Gasteiger partial charge >= 0.3 is 5.97 Å². The van der Waals surface area contributed by atoms with Crippen LogP contribution in [-0.4, -0.2) is 37.2 Å². The number of carboxylic acids is 1. The van der Waals surface area contributed by atoms with Crippen molar-refractivity contribution in [2.24, 2.45) is 0 Å². The van der Waals surface area contributed by atoms with E-state index >= 15 is 0 Å². The average molecular weight is 257 g/mol. The van der Waals surface area contributed by atoms with E-state index in [0.717, 1.165) is 24.2 Å². The van der Waals surface area contributed by atoms with E-state index in [9.17, 15) is 9.59 Å². The monoisotopic (exact) mass is 257 g/mol. The highest BCUT2D eigenvalue weighted by Crippen LogP contribution is 2.16. The summed E-state index contributed by atoms with van der Waals surface area (Å²) in [4.78, 5) is 22.8. The molecule has 0 saturated carbocycles. The summed E-state index contributed by atoms with van der Waals surface area (Å²) in [7, 11) is 1.64. The van der Waals surface area contributed by atoms with Crippen LogP contribution in [0.1, 0.15) is 32.2 Å². The molecule has 6 heteroatoms. The van der Waals surface area contributed by atoms with Crippen molar-refractivity contribution < 1.29 is 19.4 Å². The van der Waals surface area contributed by atoms with E-state index in [4.69, 9.17) is 9.84 Å². The lowest BCUT2D eigenvalue weighted by molar-refractivity contribution is 0.0702. The molecule has 1 heterocycles. The Hall–Kier alpha value is -1.40. The van der Waals surface area contributed by atoms with Crippen LogP contribution >= 0.6 is 11.3 Å². The van der Waals surface area contributed by atoms with Gasteiger partial charge in [-0.1, -0.05) is 0 Å². The Labute approximate surface area is 103 Å². The van der Waals surface area contributed by atoms with E-state index in [1.165, 1.54) is 12.1 Å². The summed E-state index contributed by atoms with van der Waals surface area (Å²) in [5.41, 5.74) is 0. The summed E-state index contributed by atoms with van der Waals surface area (Å²) in [6.07, 6.45) is 1.73. The van der Waals surface area contributed by atoms with E-state index in [-0.39, 0.29) is 10.8 Å². The average Bonchev–Trinajstić information content (AvgIpc) is 2.78. The van der Waals surface area contributed by atoms with Gasteiger partial charge in [0.1, 0.15) is 4.88 Å². The summed E-state index contributed by atoms with van der Waals surface area (Å²) < 4.78 is 4.89. The third-order valence-electron chi connectivity index (χ3n) is 2.10. The number of carbonyl (C=O) groups excluding carboxylic acids is 1. The molecule has 0 spiro atoms. The van der Waals surface area contributed by atoms with Crippen LogP contribution in [0.15, 0.2) is 12.1 Å². The third kappa shape index (κ3) is 4.54. The van der Waals surface area contributed by atoms with E-state index in [2.05, 4.69) is 5.32 Å². The van der Waals surface area contributed by atoms with Crippen LogP contribution in [0.2, 0.25) is 0 Å². The molecule has 1 aromatic heterocycles. The Balaban J connectivity index is 2.34. The van der Waals surface area contributed by atoms with Crippen LogP contribution in [0.25, 0.3) is 0 Å². The summed E-state index contributed by atoms with van der Waals surface area (Å²) in [6, 6.07) is 2.96. The van der Waals surface area contributed by atoms with E-state index < -0.39 is 5.97 Å². The second kappa shape index (κ2) is 7.03. The standard InChI is InChI=1S/C11H15NO4S/c1-16-7-3-2-6-12-10(13)8-4-5-9(17-8)11(14)15/h4-5H,2-3,6-7H2,1H3,(H,12,13)(H,14,15). The summed E-state index contributed by atoms with van der Waals surface area (Å²) >= 11 is 0.981. The first-order valence-electron chi connectivity index (χ1n) is 5.25. The Bertz CT molecular complexity index is 389. The predicted octanol–water partition coefficient (Wildman–Crippen LogP) is 1.60. The van der Waals surface area contributed by atoms with Gasteiger partial charge in [0.25, 0.3) is 5.91 Å². The van der Waals surface area contributed by atoms with Gasteiger partial charge in [-0.15, -0.1) is 11.3 Å². The van der Waals surface area contributed by atoms with Crippen LogP contribution in [0.4, 0.5) is 0 Å². The van der Waals surface area contributed by atoms with Gasteiger partial charge in [-0.2, -0.15) is 0 Å². The minimum atomic E-state index is -1.01. The van der Waals surface area contributed by atoms with E-state index in [1.807, 2.05) is 0 Å². The number of rotatable bonds is 7. The van der Waals surface area contributed by atoms with Crippen LogP contribution in [0.5, 0.6) is 0 Å². The van der Waals surface area contributed by atoms with Gasteiger partial charge in [-0.3, -0.25) is 4.79 Å². The highest BCUT2D eigenvalue weighted by atomic mass is 32.1. The van der Waals surface area contributed by atoms with Crippen molar-refractivity contribution in [1.29, 1.82) is 0 Å². The van der Waals surface area contributed by atoms with Gasteiger partial charge in [0.2, 0.25) is 0 Å². The van der Waals surface area contributed by atoms with Crippen molar-refractivity contribution in [2.75, 3.05) is 20.3 Å². The summed E-state index contributed by atoms with van der Waals surface area (Å²) in [5, 5.41) is 11.5. The molecule has 2 N–H and O–H groups in total. The van der Waals surface area contributed by atoms with Gasteiger partial charge < -0.3 is 15.2 Å². The largest absolute Gasteiger partial charge is 0.477 e. The van der Waals surface area contributed by atoms with Crippen LogP contribution < -0.4 is 5.32 Å². The zero-order chi connectivity index (χ0) is 12.7. The lowest BCUT2D eigenvalue weighted by Crippen LogP contribution is -2.23. The van der Waals surface area contributed by atoms with Gasteiger partial charge in [-0.05, 0) is 25.0 Å². The highest BCUT2D eigenvalue weighted by molar-refractivity contribution is 7.15. The number of carbonyl (C=O) groups is 2. The molecule has 0 bridgehead atoms. The molecule has 5 nitrogen and oxygen atoms in total. The molecule has 94 valence electrons. The molecule has 1 aromatic rings. The maximum Gasteiger partial charge on any atom is 0.345 e. The number of amides is 1. The highest BCUT2D eigenvalue weighted by Gasteiger charge is 2.11. The lowest BCUT2D eigenvalue weighted by atomic mass is 10.3. The van der Waals surface area contributed by atoms with Crippen molar-refractivity contribution in [1.82, 2.24) is 5.32 Å². The first-order valence-corrected chi connectivity index (χ1v) is 6.07. The second-order valence-corrected chi connectivity index (χ2v) is 4.51. The molecular formula is C11H15NO4S. The zero-order valence-corrected chi connectivity index (χ0v) is 10.4. The smallest absolute Gasteiger partial charge is 0.345 e. The number of thiophene rings is 1. The molecule has 0 atom stereocenters. The number of ether oxygens (including phenoxy) is 1. The van der Waals surface area contributed by atoms with Crippen molar-refractivity contribution in [3.8, 4) is 0 Å². The second-order valence-electron chi connectivity index (χ2n) is 3.42. The first kappa shape index (κ1) is 13.7. The molecule has 0 aliphatic carbocycles. The van der Waals surface area contributed by atoms with Crippen molar-refractivity contribution in [2.45, 2.75) is 12.8 Å². The first-order chi connectivity index (χ1) is 8.15. The van der Waals surface area contributed by atoms with E-state index in [1.54, 1.807) is 7.11 Å². The molecule has 0 aromatic carbocycles. The van der Waals surface area contributed by atoms with Gasteiger partial charge in [0.05, 0.1) is 4.88 Å². The summed E-state index contributed by atoms with van der Waals surface area (Å²) in [6.45, 7) is 1.25. The fourth-order valence-electron chi connectivity index (χ4n) is 1.24. The number of aromatic carboxylic acids is 1. The van der Waals surface area contributed by atoms with E-state index in [0.29, 0.717) is 18.0 Å². The molecule has 0 aliphatic heterocycles. The lowest BCUT2D eigenvalue weighted by Gasteiger charge is -2.02. The molecular weight excluding hydrogens is 242 g/mol. The normalized spacial score (nSPS) is 10.2. The van der Waals surface area contributed by atoms with Gasteiger partial charge in [0.15, 0.2) is 0 Å². The maximum atomic E-state index is 11.6. The molecule has 0 saturated heterocycles. The third-order valence-corrected chi connectivity index (χ3v) is 3.17. The molecule has 0 radical (unpaired) electrons. The molecule has 1 rings (SSSR count). The number of hydrogen-bond donors (Lipinski definition) is 2. The SMILES string of the molecule is COCCCCNC(=O)c1ccc(C(=O)O)s1. The summed E-state index contributed by atoms with van der Waals surface area (Å²) in [5.74, 6) is -1.23. The van der Waals surface area contributed by atoms with Gasteiger partial charge in [0, 0.05) is 20.3 Å². The zero-order valence-electron chi connectivity index (χ0n) is 9.56. The fraction of sp³-hybridized carbons (Fsp3) is 0.455. The minimum Gasteiger partial charge on any atom is -0.477 e. The molecule has 0 fully saturated rings. The van der Waals surface area contributed by atoms with Crippen molar-refractivity contribution in [3.63, 3.8) is 0 Å². The Morgan fingerprint density at radius 1 is 1.35 bits per heavy atom. The number of methoxy groups -OCH3 is 1. The topological polar surface area (TPSA) is 75.6 Å². The van der Waals surface area contributed by atoms with Crippen LogP contribution in [0.3, 0.4) is 0 Å². The van der Waals surface area contributed by atoms with Crippen LogP contribution in [0, 0.1) is 0 Å². The molecule has 1 amide bonds. The Kier molecular flexibility index (Phi) is 5.65. The molecule has 0 unspecified atom stereocenters. The fourth-order valence-corrected chi connectivity index (χ4v) is 2.00. The maximum absolute atomic E-state index is 11.6. The molecule has 0 aliphatic rings. The minimum absolute atomic E-state index is 0.175. The number of nitrogens with one attached hydrogen (secondary N) is 1. The Morgan fingerprint density at radius 2 is 2.06 bits per heavy atom.